The largest absolute Gasteiger partial charge is 0.399 e. The number of nitrogens with two attached hydrogens (primary N) is 1. The summed E-state index contributed by atoms with van der Waals surface area (Å²) in [6, 6.07) is 4.22. The second kappa shape index (κ2) is 6.70. The molecule has 0 aliphatic rings. The van der Waals surface area contributed by atoms with Gasteiger partial charge < -0.3 is 5.73 Å². The van der Waals surface area contributed by atoms with E-state index in [1.165, 1.54) is 12.1 Å². The van der Waals surface area contributed by atoms with Crippen LogP contribution in [-0.2, 0) is 29.5 Å². The van der Waals surface area contributed by atoms with E-state index in [-0.39, 0.29) is 10.6 Å². The number of nitrogens with zero attached hydrogens (tertiary/aromatic N) is 2. The summed E-state index contributed by atoms with van der Waals surface area (Å²) in [5.41, 5.74) is 7.57. The van der Waals surface area contributed by atoms with Crippen LogP contribution in [0.15, 0.2) is 27.6 Å². The maximum Gasteiger partial charge on any atom is 0.141 e. The number of aryl methyl sites for hydroxylation is 2. The van der Waals surface area contributed by atoms with Gasteiger partial charge in [0.1, 0.15) is 5.82 Å². The van der Waals surface area contributed by atoms with E-state index >= 15 is 0 Å². The third kappa shape index (κ3) is 3.35. The minimum absolute atomic E-state index is 0.165. The van der Waals surface area contributed by atoms with Gasteiger partial charge in [0.25, 0.3) is 0 Å². The Labute approximate surface area is 134 Å². The van der Waals surface area contributed by atoms with Crippen LogP contribution in [0.5, 0.6) is 0 Å². The first-order chi connectivity index (χ1) is 9.97. The van der Waals surface area contributed by atoms with Gasteiger partial charge in [-0.15, -0.1) is 0 Å². The maximum absolute atomic E-state index is 13.9. The second-order valence-electron chi connectivity index (χ2n) is 4.56. The van der Waals surface area contributed by atoms with E-state index in [0.717, 1.165) is 22.3 Å². The van der Waals surface area contributed by atoms with Gasteiger partial charge in [-0.1, -0.05) is 6.92 Å². The van der Waals surface area contributed by atoms with Crippen LogP contribution >= 0.6 is 15.9 Å². The molecule has 1 unspecified atom stereocenters. The van der Waals surface area contributed by atoms with Crippen molar-refractivity contribution in [3.05, 3.63) is 39.9 Å². The number of anilines is 1. The van der Waals surface area contributed by atoms with Crippen LogP contribution in [0.3, 0.4) is 0 Å². The zero-order valence-corrected chi connectivity index (χ0v) is 14.3. The lowest BCUT2D eigenvalue weighted by Crippen LogP contribution is -2.07. The molecule has 1 heterocycles. The fourth-order valence-corrected chi connectivity index (χ4v) is 4.14. The van der Waals surface area contributed by atoms with Gasteiger partial charge in [-0.25, -0.2) is 4.39 Å². The van der Waals surface area contributed by atoms with Crippen molar-refractivity contribution < 1.29 is 8.60 Å². The van der Waals surface area contributed by atoms with Crippen LogP contribution in [0.4, 0.5) is 10.1 Å². The standard InChI is InChI=1S/C14H17BrFN3OS/c1-3-11-14(15)12(19(4-2)18-11)8-21(20)13-6-5-9(17)7-10(13)16/h5-7H,3-4,8,17H2,1-2H3. The van der Waals surface area contributed by atoms with E-state index in [9.17, 15) is 8.60 Å². The first-order valence-electron chi connectivity index (χ1n) is 6.65. The molecule has 1 aromatic carbocycles. The zero-order chi connectivity index (χ0) is 15.6. The van der Waals surface area contributed by atoms with E-state index in [1.54, 1.807) is 10.7 Å². The molecule has 0 radical (unpaired) electrons. The highest BCUT2D eigenvalue weighted by Gasteiger charge is 2.18. The summed E-state index contributed by atoms with van der Waals surface area (Å²) in [7, 11) is -1.49. The average Bonchev–Trinajstić information content (AvgIpc) is 2.75. The molecular weight excluding hydrogens is 357 g/mol. The van der Waals surface area contributed by atoms with Gasteiger partial charge >= 0.3 is 0 Å². The molecule has 114 valence electrons. The first-order valence-corrected chi connectivity index (χ1v) is 8.76. The summed E-state index contributed by atoms with van der Waals surface area (Å²) < 4.78 is 28.9. The molecule has 2 aromatic rings. The number of rotatable bonds is 5. The van der Waals surface area contributed by atoms with Crippen molar-refractivity contribution in [2.45, 2.75) is 37.5 Å². The molecular formula is C14H17BrFN3OS. The third-order valence-corrected chi connectivity index (χ3v) is 5.44. The molecule has 0 fully saturated rings. The molecule has 0 saturated heterocycles. The Morgan fingerprint density at radius 2 is 2.14 bits per heavy atom. The number of nitrogen functional groups attached to an aromatic ring is 1. The summed E-state index contributed by atoms with van der Waals surface area (Å²) in [5.74, 6) is -0.329. The van der Waals surface area contributed by atoms with Gasteiger partial charge in [0.05, 0.1) is 37.3 Å². The van der Waals surface area contributed by atoms with Crippen LogP contribution in [0.25, 0.3) is 0 Å². The maximum atomic E-state index is 13.9. The lowest BCUT2D eigenvalue weighted by molar-refractivity contribution is 0.594. The molecule has 1 atom stereocenters. The van der Waals surface area contributed by atoms with Crippen LogP contribution in [0.2, 0.25) is 0 Å². The Kier molecular flexibility index (Phi) is 5.16. The number of hydrogen-bond acceptors (Lipinski definition) is 3. The van der Waals surface area contributed by atoms with Crippen molar-refractivity contribution >= 4 is 32.4 Å². The number of halogens is 2. The normalized spacial score (nSPS) is 12.6. The molecule has 0 spiro atoms. The topological polar surface area (TPSA) is 60.9 Å². The summed E-state index contributed by atoms with van der Waals surface area (Å²) >= 11 is 3.50. The van der Waals surface area contributed by atoms with Gasteiger partial charge in [-0.3, -0.25) is 8.89 Å². The zero-order valence-electron chi connectivity index (χ0n) is 11.9. The highest BCUT2D eigenvalue weighted by Crippen LogP contribution is 2.26. The number of hydrogen-bond donors (Lipinski definition) is 1. The molecule has 1 aromatic heterocycles. The van der Waals surface area contributed by atoms with Crippen molar-refractivity contribution in [3.63, 3.8) is 0 Å². The molecule has 4 nitrogen and oxygen atoms in total. The third-order valence-electron chi connectivity index (χ3n) is 3.16. The van der Waals surface area contributed by atoms with Crippen molar-refractivity contribution in [2.24, 2.45) is 0 Å². The van der Waals surface area contributed by atoms with Crippen LogP contribution < -0.4 is 5.73 Å². The van der Waals surface area contributed by atoms with Crippen molar-refractivity contribution in [2.75, 3.05) is 5.73 Å². The van der Waals surface area contributed by atoms with E-state index in [2.05, 4.69) is 21.0 Å². The Balaban J connectivity index is 2.33. The van der Waals surface area contributed by atoms with Gasteiger partial charge in [0, 0.05) is 12.2 Å². The molecule has 2 rings (SSSR count). The van der Waals surface area contributed by atoms with Crippen molar-refractivity contribution in [3.8, 4) is 0 Å². The average molecular weight is 374 g/mol. The molecule has 0 aliphatic carbocycles. The smallest absolute Gasteiger partial charge is 0.141 e. The van der Waals surface area contributed by atoms with Gasteiger partial charge in [-0.05, 0) is 47.5 Å². The predicted molar refractivity (Wildman–Crippen MR) is 85.9 cm³/mol. The minimum Gasteiger partial charge on any atom is -0.399 e. The lowest BCUT2D eigenvalue weighted by Gasteiger charge is -2.07. The van der Waals surface area contributed by atoms with Crippen LogP contribution in [0.1, 0.15) is 25.2 Å². The van der Waals surface area contributed by atoms with E-state index in [0.29, 0.717) is 12.2 Å². The Morgan fingerprint density at radius 1 is 1.43 bits per heavy atom. The van der Waals surface area contributed by atoms with Gasteiger partial charge in [-0.2, -0.15) is 5.10 Å². The van der Waals surface area contributed by atoms with Gasteiger partial charge in [0.2, 0.25) is 0 Å². The molecule has 7 heteroatoms. The Bertz CT molecular complexity index is 687. The molecule has 21 heavy (non-hydrogen) atoms. The summed E-state index contributed by atoms with van der Waals surface area (Å²) in [6.07, 6.45) is 0.781. The lowest BCUT2D eigenvalue weighted by atomic mass is 10.3. The molecule has 2 N–H and O–H groups in total. The van der Waals surface area contributed by atoms with E-state index in [1.807, 2.05) is 13.8 Å². The van der Waals surface area contributed by atoms with Crippen LogP contribution in [0, 0.1) is 5.82 Å². The monoisotopic (exact) mass is 373 g/mol. The Hall–Kier alpha value is -1.21. The van der Waals surface area contributed by atoms with E-state index in [4.69, 9.17) is 5.73 Å². The van der Waals surface area contributed by atoms with Gasteiger partial charge in [0.15, 0.2) is 0 Å². The first kappa shape index (κ1) is 16.2. The Morgan fingerprint density at radius 3 is 2.71 bits per heavy atom. The second-order valence-corrected chi connectivity index (χ2v) is 6.77. The summed E-state index contributed by atoms with van der Waals surface area (Å²) in [5, 5.41) is 4.45. The van der Waals surface area contributed by atoms with E-state index < -0.39 is 16.6 Å². The summed E-state index contributed by atoms with van der Waals surface area (Å²) in [4.78, 5) is 0.165. The molecule has 0 amide bonds. The molecule has 0 saturated carbocycles. The highest BCUT2D eigenvalue weighted by atomic mass is 79.9. The molecule has 0 aliphatic heterocycles. The van der Waals surface area contributed by atoms with Crippen molar-refractivity contribution in [1.82, 2.24) is 9.78 Å². The summed E-state index contributed by atoms with van der Waals surface area (Å²) in [6.45, 7) is 4.65. The minimum atomic E-state index is -1.49. The fourth-order valence-electron chi connectivity index (χ4n) is 2.06. The number of benzene rings is 1. The predicted octanol–water partition coefficient (Wildman–Crippen LogP) is 3.26. The fraction of sp³-hybridized carbons (Fsp3) is 0.357. The molecule has 0 bridgehead atoms. The van der Waals surface area contributed by atoms with Crippen LogP contribution in [-0.4, -0.2) is 14.0 Å². The SMILES string of the molecule is CCc1nn(CC)c(CS(=O)c2ccc(N)cc2F)c1Br. The van der Waals surface area contributed by atoms with Crippen molar-refractivity contribution in [1.29, 1.82) is 0 Å². The highest BCUT2D eigenvalue weighted by molar-refractivity contribution is 9.10. The quantitative estimate of drug-likeness (QED) is 0.818. The number of aromatic nitrogens is 2.